The van der Waals surface area contributed by atoms with Gasteiger partial charge in [-0.15, -0.1) is 29.7 Å². The Labute approximate surface area is 465 Å². The van der Waals surface area contributed by atoms with Gasteiger partial charge in [0.05, 0.1) is 22.1 Å². The van der Waals surface area contributed by atoms with E-state index in [0.717, 1.165) is 61.0 Å². The Hall–Kier alpha value is -6.55. The molecule has 0 spiro atoms. The number of para-hydroxylation sites is 2. The zero-order chi connectivity index (χ0) is 55.4. The monoisotopic (exact) mass is 1170 g/mol. The average molecular weight is 1170 g/mol. The number of benzene rings is 7. The third-order valence-corrected chi connectivity index (χ3v) is 14.6. The smallest absolute Gasteiger partial charge is 0.242 e. The van der Waals surface area contributed by atoms with Crippen molar-refractivity contribution in [2.75, 3.05) is 0 Å². The van der Waals surface area contributed by atoms with Crippen molar-refractivity contribution in [3.8, 4) is 56.4 Å². The van der Waals surface area contributed by atoms with Gasteiger partial charge in [-0.25, -0.2) is 4.98 Å². The molecule has 0 amide bonds. The van der Waals surface area contributed by atoms with E-state index < -0.39 is 6.98 Å². The first-order chi connectivity index (χ1) is 35.9. The van der Waals surface area contributed by atoms with Crippen LogP contribution in [0.5, 0.6) is 11.5 Å². The number of aromatic nitrogens is 4. The maximum absolute atomic E-state index is 9.14. The van der Waals surface area contributed by atoms with E-state index in [1.165, 1.54) is 32.4 Å². The number of rotatable bonds is 7. The molecule has 0 aliphatic heterocycles. The first-order valence-electron chi connectivity index (χ1n) is 27.5. The fraction of sp³-hybridized carbons (Fsp3) is 0.304. The number of pyridine rings is 1. The second-order valence-electron chi connectivity index (χ2n) is 25.4. The van der Waals surface area contributed by atoms with Gasteiger partial charge >= 0.3 is 0 Å². The molecule has 0 saturated heterocycles. The van der Waals surface area contributed by atoms with Gasteiger partial charge < -0.3 is 18.4 Å². The summed E-state index contributed by atoms with van der Waals surface area (Å²) in [5.41, 5.74) is 15.0. The topological polar surface area (TPSA) is 35.9 Å². The molecule has 5 nitrogen and oxygen atoms in total. The van der Waals surface area contributed by atoms with Crippen LogP contribution in [-0.4, -0.2) is 14.1 Å². The van der Waals surface area contributed by atoms with Gasteiger partial charge in [-0.3, -0.25) is 0 Å². The summed E-state index contributed by atoms with van der Waals surface area (Å²) in [6.45, 7) is 31.2. The van der Waals surface area contributed by atoms with Crippen molar-refractivity contribution in [3.63, 3.8) is 0 Å². The van der Waals surface area contributed by atoms with Gasteiger partial charge in [-0.05, 0) is 112 Å². The molecule has 10 rings (SSSR count). The molecule has 0 radical (unpaired) electrons. The van der Waals surface area contributed by atoms with Gasteiger partial charge in [0.15, 0.2) is 0 Å². The molecule has 0 fully saturated rings. The quantitative estimate of drug-likeness (QED) is 0.118. The van der Waals surface area contributed by atoms with Crippen molar-refractivity contribution in [1.29, 1.82) is 0 Å². The number of nitrogens with zero attached hydrogens (tertiary/aromatic N) is 4. The second-order valence-corrected chi connectivity index (χ2v) is 25.4. The van der Waals surface area contributed by atoms with Gasteiger partial charge in [-0.1, -0.05) is 206 Å². The number of hydrogen-bond donors (Lipinski definition) is 0. The number of imidazole rings is 1. The largest absolute Gasteiger partial charge is 0.510 e. The molecule has 6 heteroatoms. The van der Waals surface area contributed by atoms with E-state index >= 15 is 0 Å². The molecule has 3 aromatic heterocycles. The van der Waals surface area contributed by atoms with E-state index in [2.05, 4.69) is 224 Å². The minimum Gasteiger partial charge on any atom is -0.510 e. The van der Waals surface area contributed by atoms with Crippen molar-refractivity contribution >= 4 is 32.8 Å². The van der Waals surface area contributed by atoms with Crippen LogP contribution in [0.2, 0.25) is 0 Å². The van der Waals surface area contributed by atoms with E-state index in [0.29, 0.717) is 28.2 Å². The van der Waals surface area contributed by atoms with E-state index in [4.69, 9.17) is 13.8 Å². The average Bonchev–Trinajstić information content (AvgIpc) is 4.05. The van der Waals surface area contributed by atoms with Crippen LogP contribution < -0.4 is 9.30 Å². The number of hydrogen-bond acceptors (Lipinski definition) is 2. The molecular weight excluding hydrogens is 1100 g/mol. The molecule has 0 bridgehead atoms. The molecule has 10 aromatic rings. The van der Waals surface area contributed by atoms with Crippen LogP contribution in [-0.2, 0) is 55.1 Å². The number of ether oxygens (including phenoxy) is 1. The van der Waals surface area contributed by atoms with E-state index in [1.807, 2.05) is 48.7 Å². The van der Waals surface area contributed by atoms with E-state index in [-0.39, 0.29) is 48.1 Å². The fourth-order valence-electron chi connectivity index (χ4n) is 10.1. The summed E-state index contributed by atoms with van der Waals surface area (Å²) in [6.07, 6.45) is 5.20. The first kappa shape index (κ1) is 49.3. The van der Waals surface area contributed by atoms with Crippen LogP contribution in [0.25, 0.3) is 77.7 Å². The Bertz CT molecular complexity index is 3760. The number of aryl methyl sites for hydroxylation is 1. The summed E-state index contributed by atoms with van der Waals surface area (Å²) < 4.78 is 39.4. The Balaban J connectivity index is 0.00000740. The van der Waals surface area contributed by atoms with Crippen molar-refractivity contribution in [2.45, 2.75) is 131 Å². The van der Waals surface area contributed by atoms with Crippen LogP contribution in [0.3, 0.4) is 0 Å². The summed E-state index contributed by atoms with van der Waals surface area (Å²) in [7, 11) is 0. The molecule has 0 aliphatic carbocycles. The van der Waals surface area contributed by atoms with Gasteiger partial charge in [0, 0.05) is 44.3 Å². The fourth-order valence-corrected chi connectivity index (χ4v) is 10.1. The van der Waals surface area contributed by atoms with Crippen molar-refractivity contribution in [1.82, 2.24) is 14.1 Å². The second kappa shape index (κ2) is 19.2. The SMILES string of the molecule is [2H]C([2H])([2H])[n+]1[c-]n(-c2[c-]c(Oc3[c-]c4c(cc3)c3ccccc3n4-c3cc(C(C)(C)C)ccn3)ccc2)c2cccc(-c3c(-c4cc(C(C)(C)C)cc(C(C)(C)C)c4)cccc3-c3cc(C(C)(C)C)cc(C(C)(C)C)c3)c21.[Pt]. The van der Waals surface area contributed by atoms with Gasteiger partial charge in [0.25, 0.3) is 0 Å². The summed E-state index contributed by atoms with van der Waals surface area (Å²) in [5, 5.41) is 2.12. The van der Waals surface area contributed by atoms with Gasteiger partial charge in [0.1, 0.15) is 5.82 Å². The Morgan fingerprint density at radius 2 is 1.01 bits per heavy atom. The van der Waals surface area contributed by atoms with E-state index in [9.17, 15) is 0 Å². The summed E-state index contributed by atoms with van der Waals surface area (Å²) in [4.78, 5) is 4.86. The summed E-state index contributed by atoms with van der Waals surface area (Å²) in [6, 6.07) is 56.0. The van der Waals surface area contributed by atoms with Gasteiger partial charge in [-0.2, -0.15) is 18.2 Å². The standard InChI is InChI=1S/C69H72N4O.Pt/c1-65(2,3)46-32-33-70-62(40-46)73-59-28-18-17-24-56(59)57-31-30-53(42-61(57)73)74-52-23-19-22-51(41-52)72-43-71(16)64-58(27-21-29-60(64)72)63-54(44-34-47(66(4,5)6)38-48(35-44)67(7,8)9)25-20-26-55(63)45-36-49(68(10,11)12)39-50(37-45)69(13,14)15;/h17-40H,1-16H3;/q-2;/i16D3;. The minimum atomic E-state index is -2.61. The van der Waals surface area contributed by atoms with Crippen LogP contribution >= 0.6 is 0 Å². The van der Waals surface area contributed by atoms with Gasteiger partial charge in [0.2, 0.25) is 6.33 Å². The predicted molar refractivity (Wildman–Crippen MR) is 309 cm³/mol. The van der Waals surface area contributed by atoms with Crippen LogP contribution in [0.4, 0.5) is 0 Å². The maximum atomic E-state index is 9.14. The number of fused-ring (bicyclic) bond motifs is 4. The normalized spacial score (nSPS) is 13.5. The third kappa shape index (κ3) is 10.3. The van der Waals surface area contributed by atoms with E-state index in [1.54, 1.807) is 4.57 Å². The zero-order valence-electron chi connectivity index (χ0n) is 49.4. The van der Waals surface area contributed by atoms with Crippen LogP contribution in [0.1, 0.15) is 136 Å². The van der Waals surface area contributed by atoms with Crippen LogP contribution in [0, 0.1) is 18.5 Å². The third-order valence-electron chi connectivity index (χ3n) is 14.6. The Kier molecular flexibility index (Phi) is 12.6. The Morgan fingerprint density at radius 1 is 0.493 bits per heavy atom. The van der Waals surface area contributed by atoms with Crippen molar-refractivity contribution < 1.29 is 34.5 Å². The predicted octanol–water partition coefficient (Wildman–Crippen LogP) is 17.6. The molecule has 3 heterocycles. The molecule has 386 valence electrons. The molecule has 0 aliphatic rings. The summed E-state index contributed by atoms with van der Waals surface area (Å²) in [5.74, 6) is 1.75. The van der Waals surface area contributed by atoms with Crippen LogP contribution in [0.15, 0.2) is 146 Å². The Morgan fingerprint density at radius 3 is 1.59 bits per heavy atom. The van der Waals surface area contributed by atoms with Crippen molar-refractivity contribution in [3.05, 3.63) is 192 Å². The minimum absolute atomic E-state index is 0. The molecule has 0 N–H and O–H groups in total. The summed E-state index contributed by atoms with van der Waals surface area (Å²) >= 11 is 0. The molecule has 0 saturated carbocycles. The molecule has 75 heavy (non-hydrogen) atoms. The van der Waals surface area contributed by atoms with Crippen molar-refractivity contribution in [2.24, 2.45) is 6.98 Å². The first-order valence-corrected chi connectivity index (χ1v) is 26.0. The molecule has 7 aromatic carbocycles. The molecular formula is C69H72N4OPt-2. The molecule has 0 atom stereocenters. The molecule has 0 unspecified atom stereocenters. The maximum Gasteiger partial charge on any atom is 0.242 e. The zero-order valence-corrected chi connectivity index (χ0v) is 48.6.